The highest BCUT2D eigenvalue weighted by Gasteiger charge is 2.19. The van der Waals surface area contributed by atoms with Crippen molar-refractivity contribution in [1.29, 1.82) is 0 Å². The van der Waals surface area contributed by atoms with Gasteiger partial charge in [0.05, 0.1) is 4.90 Å². The van der Waals surface area contributed by atoms with Crippen molar-refractivity contribution in [2.45, 2.75) is 24.3 Å². The Balaban J connectivity index is 1.45. The number of hydrogen-bond acceptors (Lipinski definition) is 5. The molecule has 1 saturated heterocycles. The fraction of sp³-hybridized carbons (Fsp3) is 0.450. The molecule has 0 radical (unpaired) electrons. The minimum absolute atomic E-state index is 0.0101. The van der Waals surface area contributed by atoms with E-state index in [-0.39, 0.29) is 6.03 Å². The molecule has 152 valence electrons. The highest BCUT2D eigenvalue weighted by Crippen LogP contribution is 2.14. The van der Waals surface area contributed by atoms with Crippen molar-refractivity contribution in [3.05, 3.63) is 52.2 Å². The number of nitrogens with one attached hydrogen (secondary N) is 1. The average Bonchev–Trinajstić information content (AvgIpc) is 3.06. The van der Waals surface area contributed by atoms with Gasteiger partial charge in [0.2, 0.25) is 0 Å². The van der Waals surface area contributed by atoms with Gasteiger partial charge >= 0.3 is 6.03 Å². The van der Waals surface area contributed by atoms with E-state index in [1.54, 1.807) is 23.5 Å². The molecule has 0 saturated carbocycles. The normalized spacial score (nSPS) is 16.0. The van der Waals surface area contributed by atoms with Gasteiger partial charge < -0.3 is 10.2 Å². The maximum atomic E-state index is 12.4. The average molecular weight is 422 g/mol. The van der Waals surface area contributed by atoms with E-state index in [1.165, 1.54) is 11.1 Å². The zero-order valence-electron chi connectivity index (χ0n) is 16.1. The van der Waals surface area contributed by atoms with Gasteiger partial charge in [-0.1, -0.05) is 18.2 Å². The number of sulfone groups is 1. The molecule has 6 nitrogen and oxygen atoms in total. The number of amides is 2. The molecular weight excluding hydrogens is 394 g/mol. The van der Waals surface area contributed by atoms with E-state index in [2.05, 4.69) is 21.7 Å². The number of carbonyl (C=O) groups is 1. The summed E-state index contributed by atoms with van der Waals surface area (Å²) in [4.78, 5) is 18.2. The van der Waals surface area contributed by atoms with Gasteiger partial charge in [0, 0.05) is 50.4 Å². The highest BCUT2D eigenvalue weighted by atomic mass is 32.2. The van der Waals surface area contributed by atoms with Gasteiger partial charge in [-0.2, -0.15) is 0 Å². The maximum Gasteiger partial charge on any atom is 0.317 e. The third-order valence-corrected chi connectivity index (χ3v) is 6.93. The molecule has 0 atom stereocenters. The third-order valence-electron chi connectivity index (χ3n) is 4.86. The molecule has 1 aliphatic heterocycles. The van der Waals surface area contributed by atoms with Crippen LogP contribution in [0.5, 0.6) is 0 Å². The summed E-state index contributed by atoms with van der Waals surface area (Å²) in [5.41, 5.74) is 1.08. The molecule has 2 aromatic rings. The Morgan fingerprint density at radius 1 is 1.11 bits per heavy atom. The van der Waals surface area contributed by atoms with Crippen LogP contribution in [0.2, 0.25) is 0 Å². The van der Waals surface area contributed by atoms with Crippen molar-refractivity contribution in [2.75, 3.05) is 39.0 Å². The number of hydrogen-bond donors (Lipinski definition) is 1. The van der Waals surface area contributed by atoms with Crippen LogP contribution >= 0.6 is 11.3 Å². The van der Waals surface area contributed by atoms with Gasteiger partial charge in [-0.25, -0.2) is 13.2 Å². The summed E-state index contributed by atoms with van der Waals surface area (Å²) in [6.07, 6.45) is 3.02. The van der Waals surface area contributed by atoms with Gasteiger partial charge in [-0.15, -0.1) is 11.3 Å². The smallest absolute Gasteiger partial charge is 0.317 e. The molecule has 1 aliphatic rings. The number of nitrogens with zero attached hydrogens (tertiary/aromatic N) is 2. The summed E-state index contributed by atoms with van der Waals surface area (Å²) in [7, 11) is -3.16. The molecule has 1 aromatic heterocycles. The van der Waals surface area contributed by atoms with E-state index in [0.29, 0.717) is 18.0 Å². The van der Waals surface area contributed by atoms with Crippen LogP contribution in [0.3, 0.4) is 0 Å². The lowest BCUT2D eigenvalue weighted by Gasteiger charge is -2.22. The summed E-state index contributed by atoms with van der Waals surface area (Å²) in [5.74, 6) is 0. The van der Waals surface area contributed by atoms with Crippen LogP contribution in [-0.2, 0) is 22.8 Å². The van der Waals surface area contributed by atoms with Gasteiger partial charge in [0.25, 0.3) is 0 Å². The summed E-state index contributed by atoms with van der Waals surface area (Å²) in [5, 5.41) is 5.07. The SMILES string of the molecule is CS(=O)(=O)c1ccc(CN2CCCN(C(=O)NCCc3cccs3)CC2)cc1. The number of rotatable bonds is 6. The molecule has 0 bridgehead atoms. The molecule has 3 rings (SSSR count). The molecule has 0 aliphatic carbocycles. The third kappa shape index (κ3) is 6.05. The first kappa shape index (κ1) is 20.8. The molecule has 8 heteroatoms. The summed E-state index contributed by atoms with van der Waals surface area (Å²) >= 11 is 1.71. The first-order valence-electron chi connectivity index (χ1n) is 9.48. The molecular formula is C20H27N3O3S2. The van der Waals surface area contributed by atoms with E-state index < -0.39 is 9.84 Å². The lowest BCUT2D eigenvalue weighted by molar-refractivity contribution is 0.198. The molecule has 28 heavy (non-hydrogen) atoms. The maximum absolute atomic E-state index is 12.4. The van der Waals surface area contributed by atoms with Gasteiger partial charge in [-0.05, 0) is 42.0 Å². The molecule has 1 N–H and O–H groups in total. The first-order valence-corrected chi connectivity index (χ1v) is 12.3. The predicted octanol–water partition coefficient (Wildman–Crippen LogP) is 2.61. The second-order valence-electron chi connectivity index (χ2n) is 7.09. The Morgan fingerprint density at radius 2 is 1.89 bits per heavy atom. The molecule has 1 fully saturated rings. The molecule has 2 amide bonds. The topological polar surface area (TPSA) is 69.7 Å². The Labute approximate surface area is 171 Å². The summed E-state index contributed by atoms with van der Waals surface area (Å²) < 4.78 is 23.1. The van der Waals surface area contributed by atoms with Crippen LogP contribution in [0.4, 0.5) is 4.79 Å². The minimum Gasteiger partial charge on any atom is -0.338 e. The second kappa shape index (κ2) is 9.54. The largest absolute Gasteiger partial charge is 0.338 e. The van der Waals surface area contributed by atoms with Gasteiger partial charge in [0.1, 0.15) is 0 Å². The summed E-state index contributed by atoms with van der Waals surface area (Å²) in [6, 6.07) is 11.2. The van der Waals surface area contributed by atoms with Crippen LogP contribution in [0.15, 0.2) is 46.7 Å². The number of thiophene rings is 1. The Morgan fingerprint density at radius 3 is 2.57 bits per heavy atom. The second-order valence-corrected chi connectivity index (χ2v) is 10.1. The van der Waals surface area contributed by atoms with E-state index in [1.807, 2.05) is 23.1 Å². The number of carbonyl (C=O) groups excluding carboxylic acids is 1. The van der Waals surface area contributed by atoms with E-state index in [9.17, 15) is 13.2 Å². The van der Waals surface area contributed by atoms with Gasteiger partial charge in [0.15, 0.2) is 9.84 Å². The molecule has 1 aromatic carbocycles. The van der Waals surface area contributed by atoms with Crippen molar-refractivity contribution < 1.29 is 13.2 Å². The lowest BCUT2D eigenvalue weighted by Crippen LogP contribution is -2.42. The zero-order chi connectivity index (χ0) is 20.0. The highest BCUT2D eigenvalue weighted by molar-refractivity contribution is 7.90. The van der Waals surface area contributed by atoms with Crippen molar-refractivity contribution in [1.82, 2.24) is 15.1 Å². The number of urea groups is 1. The van der Waals surface area contributed by atoms with Crippen molar-refractivity contribution >= 4 is 27.2 Å². The van der Waals surface area contributed by atoms with Crippen LogP contribution in [0.1, 0.15) is 16.9 Å². The molecule has 0 spiro atoms. The summed E-state index contributed by atoms with van der Waals surface area (Å²) in [6.45, 7) is 4.61. The van der Waals surface area contributed by atoms with Gasteiger partial charge in [-0.3, -0.25) is 4.90 Å². The standard InChI is InChI=1S/C20H27N3O3S2/c1-28(25,26)19-7-5-17(6-8-19)16-22-11-3-12-23(14-13-22)20(24)21-10-9-18-4-2-15-27-18/h2,4-8,15H,3,9-14,16H2,1H3,(H,21,24). The lowest BCUT2D eigenvalue weighted by atomic mass is 10.2. The Kier molecular flexibility index (Phi) is 7.09. The fourth-order valence-corrected chi connectivity index (χ4v) is 4.63. The van der Waals surface area contributed by atoms with E-state index in [0.717, 1.165) is 44.6 Å². The quantitative estimate of drug-likeness (QED) is 0.778. The number of benzene rings is 1. The van der Waals surface area contributed by atoms with Crippen LogP contribution in [-0.4, -0.2) is 63.2 Å². The van der Waals surface area contributed by atoms with Crippen molar-refractivity contribution in [3.8, 4) is 0 Å². The monoisotopic (exact) mass is 421 g/mol. The first-order chi connectivity index (χ1) is 13.4. The minimum atomic E-state index is -3.16. The van der Waals surface area contributed by atoms with E-state index in [4.69, 9.17) is 0 Å². The molecule has 2 heterocycles. The van der Waals surface area contributed by atoms with Crippen LogP contribution < -0.4 is 5.32 Å². The van der Waals surface area contributed by atoms with Crippen LogP contribution in [0, 0.1) is 0 Å². The molecule has 0 unspecified atom stereocenters. The Bertz CT molecular complexity index is 865. The fourth-order valence-electron chi connectivity index (χ4n) is 3.29. The van der Waals surface area contributed by atoms with E-state index >= 15 is 0 Å². The zero-order valence-corrected chi connectivity index (χ0v) is 17.8. The van der Waals surface area contributed by atoms with Crippen molar-refractivity contribution in [2.24, 2.45) is 0 Å². The Hall–Kier alpha value is -1.90. The van der Waals surface area contributed by atoms with Crippen molar-refractivity contribution in [3.63, 3.8) is 0 Å². The predicted molar refractivity (Wildman–Crippen MR) is 112 cm³/mol. The van der Waals surface area contributed by atoms with Crippen LogP contribution in [0.25, 0.3) is 0 Å².